The molecule has 0 bridgehead atoms. The number of benzene rings is 2. The third-order valence-electron chi connectivity index (χ3n) is 4.19. The van der Waals surface area contributed by atoms with Crippen molar-refractivity contribution in [2.45, 2.75) is 31.0 Å². The van der Waals surface area contributed by atoms with E-state index in [1.54, 1.807) is 24.3 Å². The van der Waals surface area contributed by atoms with Crippen molar-refractivity contribution in [1.82, 2.24) is 9.78 Å². The molecule has 1 atom stereocenters. The molecule has 32 heavy (non-hydrogen) atoms. The summed E-state index contributed by atoms with van der Waals surface area (Å²) in [4.78, 5) is 17.7. The van der Waals surface area contributed by atoms with Gasteiger partial charge in [0.1, 0.15) is 10.0 Å². The average molecular weight is 474 g/mol. The number of carbonyl (C=O) groups excluding carboxylic acids is 1. The van der Waals surface area contributed by atoms with Crippen LogP contribution in [0.1, 0.15) is 18.2 Å². The van der Waals surface area contributed by atoms with E-state index in [1.807, 2.05) is 6.92 Å². The molecular weight excluding hydrogens is 458 g/mol. The fraction of sp³-hybridized carbons (Fsp3) is 0.200. The molecule has 0 saturated carbocycles. The Morgan fingerprint density at radius 2 is 1.69 bits per heavy atom. The van der Waals surface area contributed by atoms with Crippen molar-refractivity contribution in [2.75, 3.05) is 0 Å². The Labute approximate surface area is 204 Å². The zero-order valence-electron chi connectivity index (χ0n) is 17.3. The van der Waals surface area contributed by atoms with Gasteiger partial charge in [-0.1, -0.05) is 42.9 Å². The Morgan fingerprint density at radius 3 is 2.22 bits per heavy atom. The maximum atomic E-state index is 13.3. The second kappa shape index (κ2) is 10.3. The zero-order chi connectivity index (χ0) is 22.8. The number of nitrogens with zero attached hydrogens (tertiary/aromatic N) is 3. The molecule has 0 aliphatic heterocycles. The number of hydrogen-bond donors (Lipinski definition) is 0. The monoisotopic (exact) mass is 474 g/mol. The van der Waals surface area contributed by atoms with Crippen LogP contribution in [0.2, 0.25) is 0 Å². The summed E-state index contributed by atoms with van der Waals surface area (Å²) in [5.41, 5.74) is 0.759. The molecule has 0 radical (unpaired) electrons. The van der Waals surface area contributed by atoms with E-state index in [0.29, 0.717) is 5.56 Å². The van der Waals surface area contributed by atoms with Gasteiger partial charge in [-0.15, -0.1) is 0 Å². The van der Waals surface area contributed by atoms with Crippen LogP contribution in [0.15, 0.2) is 59.5 Å². The zero-order valence-corrected chi connectivity index (χ0v) is 20.1. The van der Waals surface area contributed by atoms with Crippen molar-refractivity contribution in [3.05, 3.63) is 70.7 Å². The Hall–Kier alpha value is -2.02. The maximum absolute atomic E-state index is 13.3. The molecule has 0 saturated heterocycles. The van der Waals surface area contributed by atoms with Crippen LogP contribution in [0.4, 0.5) is 13.2 Å². The van der Waals surface area contributed by atoms with E-state index in [2.05, 4.69) is 14.8 Å². The Kier molecular flexibility index (Phi) is 8.43. The maximum Gasteiger partial charge on any atom is 1.00 e. The van der Waals surface area contributed by atoms with Crippen molar-refractivity contribution in [3.63, 3.8) is 0 Å². The Balaban J connectivity index is 0.00000363. The summed E-state index contributed by atoms with van der Waals surface area (Å²) >= 11 is 0. The van der Waals surface area contributed by atoms with Crippen LogP contribution in [0.25, 0.3) is 21.8 Å². The summed E-state index contributed by atoms with van der Waals surface area (Å²) < 4.78 is 65.2. The van der Waals surface area contributed by atoms with Gasteiger partial charge in [-0.25, -0.2) is 19.4 Å². The Morgan fingerprint density at radius 1 is 1.09 bits per heavy atom. The van der Waals surface area contributed by atoms with Crippen LogP contribution in [-0.2, 0) is 25.8 Å². The van der Waals surface area contributed by atoms with Gasteiger partial charge in [-0.2, -0.15) is 18.3 Å². The summed E-state index contributed by atoms with van der Waals surface area (Å²) in [5, 5.41) is 3.66. The molecule has 7 nitrogen and oxygen atoms in total. The third kappa shape index (κ3) is 6.06. The standard InChI is InChI=1S/C20H16F3N3O4S.Na/c1-13-3-5-15(6-4-13)18-11-19(20(21,22)23)24-26(18)16-7-9-17(10-8-16)31(28,29)25-30-14(2)12-27;/h3-11,14H,1-2H3;/q-2;+1. The number of rotatable bonds is 7. The predicted octanol–water partition coefficient (Wildman–Crippen LogP) is 1.36. The molecule has 1 aromatic heterocycles. The van der Waals surface area contributed by atoms with Gasteiger partial charge < -0.3 is 14.5 Å². The molecule has 0 N–H and O–H groups in total. The summed E-state index contributed by atoms with van der Waals surface area (Å²) in [7, 11) is -4.24. The second-order valence-electron chi connectivity index (χ2n) is 6.60. The number of aryl methyl sites for hydroxylation is 1. The molecule has 3 aromatic rings. The number of halogens is 3. The quantitative estimate of drug-likeness (QED) is 0.293. The number of hydrogen-bond acceptors (Lipinski definition) is 5. The van der Waals surface area contributed by atoms with E-state index in [-0.39, 0.29) is 45.8 Å². The first kappa shape index (κ1) is 26.2. The van der Waals surface area contributed by atoms with Gasteiger partial charge in [0.15, 0.2) is 5.69 Å². The molecule has 1 heterocycles. The third-order valence-corrected chi connectivity index (χ3v) is 5.34. The number of alkyl halides is 3. The minimum Gasteiger partial charge on any atom is -0.539 e. The Bertz CT molecular complexity index is 1180. The van der Waals surface area contributed by atoms with Gasteiger partial charge in [0.2, 0.25) is 0 Å². The predicted molar refractivity (Wildman–Crippen MR) is 106 cm³/mol. The molecule has 164 valence electrons. The summed E-state index contributed by atoms with van der Waals surface area (Å²) in [6.45, 7) is 3.11. The molecule has 0 aliphatic carbocycles. The molecule has 0 fully saturated rings. The fourth-order valence-electron chi connectivity index (χ4n) is 2.59. The molecule has 12 heteroatoms. The van der Waals surface area contributed by atoms with Crippen LogP contribution in [-0.4, -0.2) is 30.6 Å². The summed E-state index contributed by atoms with van der Waals surface area (Å²) in [6, 6.07) is 12.7. The van der Waals surface area contributed by atoms with E-state index in [9.17, 15) is 26.4 Å². The van der Waals surface area contributed by atoms with Gasteiger partial charge in [0.25, 0.3) is 0 Å². The molecule has 2 aromatic carbocycles. The van der Waals surface area contributed by atoms with Gasteiger partial charge in [-0.3, -0.25) is 0 Å². The molecule has 0 aliphatic rings. The smallest absolute Gasteiger partial charge is 0.539 e. The van der Waals surface area contributed by atoms with E-state index in [0.717, 1.165) is 28.4 Å². The van der Waals surface area contributed by atoms with E-state index < -0.39 is 28.0 Å². The molecule has 0 spiro atoms. The van der Waals surface area contributed by atoms with Crippen molar-refractivity contribution in [2.24, 2.45) is 0 Å². The van der Waals surface area contributed by atoms with Gasteiger partial charge in [0.05, 0.1) is 16.3 Å². The van der Waals surface area contributed by atoms with Crippen LogP contribution in [0.5, 0.6) is 0 Å². The van der Waals surface area contributed by atoms with E-state index in [1.165, 1.54) is 25.3 Å². The summed E-state index contributed by atoms with van der Waals surface area (Å²) in [5.74, 6) is 0. The van der Waals surface area contributed by atoms with E-state index >= 15 is 0 Å². The fourth-order valence-corrected chi connectivity index (χ4v) is 3.40. The minimum absolute atomic E-state index is 0. The SMILES string of the molecule is Cc1ccc(-c2cc(C(F)(F)F)nn2-c2ccc(S(=O)(=O)[N-]OC(C)[C-]=O)cc2)cc1.[Na+]. The second-order valence-corrected chi connectivity index (χ2v) is 8.17. The average Bonchev–Trinajstić information content (AvgIpc) is 3.18. The van der Waals surface area contributed by atoms with Crippen LogP contribution >= 0.6 is 0 Å². The molecular formula is C20H16F3N3NaO4S-. The number of sulfonamides is 1. The van der Waals surface area contributed by atoms with Crippen LogP contribution in [0, 0.1) is 6.92 Å². The molecule has 3 rings (SSSR count). The first-order valence-electron chi connectivity index (χ1n) is 8.87. The van der Waals surface area contributed by atoms with Crippen molar-refractivity contribution >= 4 is 16.3 Å². The van der Waals surface area contributed by atoms with Gasteiger partial charge in [0, 0.05) is 5.56 Å². The minimum atomic E-state index is -4.66. The number of aromatic nitrogens is 2. The van der Waals surface area contributed by atoms with Crippen molar-refractivity contribution in [1.29, 1.82) is 0 Å². The van der Waals surface area contributed by atoms with Crippen LogP contribution < -0.4 is 29.6 Å². The summed E-state index contributed by atoms with van der Waals surface area (Å²) in [6.07, 6.45) is -4.40. The van der Waals surface area contributed by atoms with Crippen molar-refractivity contribution < 1.29 is 60.8 Å². The topological polar surface area (TPSA) is 92.4 Å². The molecule has 1 unspecified atom stereocenters. The first-order valence-corrected chi connectivity index (χ1v) is 10.3. The van der Waals surface area contributed by atoms with Gasteiger partial charge >= 0.3 is 35.7 Å². The largest absolute Gasteiger partial charge is 1.00 e. The molecule has 0 amide bonds. The van der Waals surface area contributed by atoms with E-state index in [4.69, 9.17) is 0 Å². The van der Waals surface area contributed by atoms with Crippen molar-refractivity contribution in [3.8, 4) is 16.9 Å². The normalized spacial score (nSPS) is 12.8. The van der Waals surface area contributed by atoms with Crippen LogP contribution in [0.3, 0.4) is 0 Å². The first-order chi connectivity index (χ1) is 14.5. The van der Waals surface area contributed by atoms with Gasteiger partial charge in [-0.05, 0) is 37.3 Å².